The molecule has 3 rings (SSSR count). The van der Waals surface area contributed by atoms with Gasteiger partial charge in [0, 0.05) is 50.9 Å². The maximum absolute atomic E-state index is 12.8. The van der Waals surface area contributed by atoms with Gasteiger partial charge in [-0.25, -0.2) is 0 Å². The second-order valence-corrected chi connectivity index (χ2v) is 6.20. The number of nitrogens with zero attached hydrogens (tertiary/aromatic N) is 3. The third kappa shape index (κ3) is 2.48. The lowest BCUT2D eigenvalue weighted by Crippen LogP contribution is -2.63. The highest BCUT2D eigenvalue weighted by Gasteiger charge is 2.44. The molecule has 2 aliphatic rings. The van der Waals surface area contributed by atoms with Crippen LogP contribution in [-0.2, 0) is 17.8 Å². The molecule has 0 radical (unpaired) electrons. The van der Waals surface area contributed by atoms with Crippen LogP contribution >= 0.6 is 12.4 Å². The smallest absolute Gasteiger partial charge is 0.275 e. The first-order valence-corrected chi connectivity index (χ1v) is 7.27. The Labute approximate surface area is 135 Å². The van der Waals surface area contributed by atoms with Crippen molar-refractivity contribution in [3.63, 3.8) is 0 Å². The molecule has 2 amide bonds. The Bertz CT molecular complexity index is 598. The van der Waals surface area contributed by atoms with E-state index in [4.69, 9.17) is 0 Å². The maximum Gasteiger partial charge on any atom is 0.275 e. The number of hydrogen-bond donors (Lipinski definition) is 2. The highest BCUT2D eigenvalue weighted by atomic mass is 35.5. The average molecular weight is 328 g/mol. The van der Waals surface area contributed by atoms with Crippen LogP contribution < -0.4 is 5.32 Å². The van der Waals surface area contributed by atoms with Crippen LogP contribution in [0.3, 0.4) is 0 Å². The first-order chi connectivity index (χ1) is 9.93. The summed E-state index contributed by atoms with van der Waals surface area (Å²) in [5.74, 6) is -0.202. The van der Waals surface area contributed by atoms with Crippen LogP contribution in [0.4, 0.5) is 0 Å². The first-order valence-electron chi connectivity index (χ1n) is 7.27. The SMILES string of the molecule is CN1CCN(C(=O)c2n[nH]c3c2CNCC3)C(C)(C)C1=O.Cl. The van der Waals surface area contributed by atoms with E-state index in [1.165, 1.54) is 0 Å². The molecule has 3 heterocycles. The monoisotopic (exact) mass is 327 g/mol. The fourth-order valence-corrected chi connectivity index (χ4v) is 3.10. The molecule has 0 aliphatic carbocycles. The zero-order valence-corrected chi connectivity index (χ0v) is 13.9. The van der Waals surface area contributed by atoms with E-state index in [0.717, 1.165) is 24.2 Å². The number of carbonyl (C=O) groups is 2. The number of nitrogens with one attached hydrogen (secondary N) is 2. The lowest BCUT2D eigenvalue weighted by Gasteiger charge is -2.44. The maximum atomic E-state index is 12.8. The molecule has 0 aromatic carbocycles. The minimum absolute atomic E-state index is 0. The van der Waals surface area contributed by atoms with Gasteiger partial charge in [0.2, 0.25) is 5.91 Å². The highest BCUT2D eigenvalue weighted by Crippen LogP contribution is 2.25. The fraction of sp³-hybridized carbons (Fsp3) is 0.643. The van der Waals surface area contributed by atoms with Gasteiger partial charge in [0.15, 0.2) is 5.69 Å². The minimum Gasteiger partial charge on any atom is -0.342 e. The van der Waals surface area contributed by atoms with Gasteiger partial charge in [0.05, 0.1) is 0 Å². The third-order valence-corrected chi connectivity index (χ3v) is 4.46. The second-order valence-electron chi connectivity index (χ2n) is 6.20. The number of fused-ring (bicyclic) bond motifs is 1. The molecule has 1 aromatic rings. The Morgan fingerprint density at radius 2 is 2.05 bits per heavy atom. The van der Waals surface area contributed by atoms with Gasteiger partial charge >= 0.3 is 0 Å². The normalized spacial score (nSPS) is 20.4. The van der Waals surface area contributed by atoms with Gasteiger partial charge in [-0.15, -0.1) is 12.4 Å². The van der Waals surface area contributed by atoms with Gasteiger partial charge in [0.1, 0.15) is 5.54 Å². The Kier molecular flexibility index (Phi) is 4.49. The molecule has 1 fully saturated rings. The Hall–Kier alpha value is -1.60. The van der Waals surface area contributed by atoms with Crippen molar-refractivity contribution in [1.29, 1.82) is 0 Å². The fourth-order valence-electron chi connectivity index (χ4n) is 3.10. The van der Waals surface area contributed by atoms with Gasteiger partial charge in [0.25, 0.3) is 5.91 Å². The quantitative estimate of drug-likeness (QED) is 0.770. The average Bonchev–Trinajstić information content (AvgIpc) is 2.88. The van der Waals surface area contributed by atoms with Crippen LogP contribution in [-0.4, -0.2) is 64.0 Å². The van der Waals surface area contributed by atoms with Crippen LogP contribution in [0.15, 0.2) is 0 Å². The van der Waals surface area contributed by atoms with Gasteiger partial charge in [-0.3, -0.25) is 14.7 Å². The van der Waals surface area contributed by atoms with E-state index in [1.807, 2.05) is 0 Å². The van der Waals surface area contributed by atoms with Gasteiger partial charge < -0.3 is 15.1 Å². The van der Waals surface area contributed by atoms with Crippen molar-refractivity contribution in [2.75, 3.05) is 26.7 Å². The Morgan fingerprint density at radius 3 is 2.77 bits per heavy atom. The summed E-state index contributed by atoms with van der Waals surface area (Å²) in [6.45, 7) is 6.21. The van der Waals surface area contributed by atoms with E-state index in [2.05, 4.69) is 15.5 Å². The number of carbonyl (C=O) groups excluding carboxylic acids is 2. The van der Waals surface area contributed by atoms with Crippen molar-refractivity contribution >= 4 is 24.2 Å². The molecule has 7 nitrogen and oxygen atoms in total. The van der Waals surface area contributed by atoms with Crippen LogP contribution in [0.2, 0.25) is 0 Å². The van der Waals surface area contributed by atoms with E-state index >= 15 is 0 Å². The zero-order chi connectivity index (χ0) is 15.2. The lowest BCUT2D eigenvalue weighted by atomic mass is 9.96. The molecule has 0 atom stereocenters. The van der Waals surface area contributed by atoms with Crippen molar-refractivity contribution in [2.24, 2.45) is 0 Å². The molecular weight excluding hydrogens is 306 g/mol. The number of aromatic nitrogens is 2. The summed E-state index contributed by atoms with van der Waals surface area (Å²) in [7, 11) is 1.77. The van der Waals surface area contributed by atoms with Gasteiger partial charge in [-0.2, -0.15) is 5.10 Å². The number of aromatic amines is 1. The minimum atomic E-state index is -0.835. The van der Waals surface area contributed by atoms with Crippen molar-refractivity contribution < 1.29 is 9.59 Å². The molecule has 22 heavy (non-hydrogen) atoms. The molecule has 122 valence electrons. The number of piperazine rings is 1. The van der Waals surface area contributed by atoms with Crippen molar-refractivity contribution in [3.8, 4) is 0 Å². The van der Waals surface area contributed by atoms with Gasteiger partial charge in [-0.05, 0) is 13.8 Å². The van der Waals surface area contributed by atoms with Crippen molar-refractivity contribution in [3.05, 3.63) is 17.0 Å². The molecule has 2 N–H and O–H groups in total. The summed E-state index contributed by atoms with van der Waals surface area (Å²) < 4.78 is 0. The summed E-state index contributed by atoms with van der Waals surface area (Å²) in [4.78, 5) is 28.5. The predicted molar refractivity (Wildman–Crippen MR) is 84.0 cm³/mol. The number of halogens is 1. The summed E-state index contributed by atoms with van der Waals surface area (Å²) >= 11 is 0. The standard InChI is InChI=1S/C14H21N5O2.ClH/c1-14(2)13(21)18(3)6-7-19(14)12(20)11-9-8-15-5-4-10(9)16-17-11;/h15H,4-8H2,1-3H3,(H,16,17);1H. The second kappa shape index (κ2) is 5.89. The van der Waals surface area contributed by atoms with Crippen molar-refractivity contribution in [1.82, 2.24) is 25.3 Å². The molecule has 0 bridgehead atoms. The molecule has 1 saturated heterocycles. The van der Waals surface area contributed by atoms with Crippen molar-refractivity contribution in [2.45, 2.75) is 32.4 Å². The van der Waals surface area contributed by atoms with Crippen LogP contribution in [0.1, 0.15) is 35.6 Å². The Balaban J connectivity index is 0.00000176. The van der Waals surface area contributed by atoms with Crippen LogP contribution in [0.5, 0.6) is 0 Å². The van der Waals surface area contributed by atoms with E-state index < -0.39 is 5.54 Å². The molecule has 1 aromatic heterocycles. The molecule has 0 unspecified atom stereocenters. The van der Waals surface area contributed by atoms with E-state index in [1.54, 1.807) is 30.7 Å². The topological polar surface area (TPSA) is 81.3 Å². The van der Waals surface area contributed by atoms with Crippen LogP contribution in [0, 0.1) is 0 Å². The van der Waals surface area contributed by atoms with E-state index in [-0.39, 0.29) is 24.2 Å². The largest absolute Gasteiger partial charge is 0.342 e. The molecule has 0 spiro atoms. The van der Waals surface area contributed by atoms with E-state index in [0.29, 0.717) is 25.3 Å². The lowest BCUT2D eigenvalue weighted by molar-refractivity contribution is -0.144. The number of rotatable bonds is 1. The van der Waals surface area contributed by atoms with E-state index in [9.17, 15) is 9.59 Å². The molecular formula is C14H22ClN5O2. The Morgan fingerprint density at radius 1 is 1.32 bits per heavy atom. The number of amides is 2. The highest BCUT2D eigenvalue weighted by molar-refractivity contribution is 5.99. The summed E-state index contributed by atoms with van der Waals surface area (Å²) in [5, 5.41) is 10.4. The summed E-state index contributed by atoms with van der Waals surface area (Å²) in [6.07, 6.45) is 0.848. The third-order valence-electron chi connectivity index (χ3n) is 4.46. The predicted octanol–water partition coefficient (Wildman–Crippen LogP) is 0.170. The number of likely N-dealkylation sites (N-methyl/N-ethyl adjacent to an activating group) is 1. The number of hydrogen-bond acceptors (Lipinski definition) is 4. The summed E-state index contributed by atoms with van der Waals surface area (Å²) in [5.41, 5.74) is 1.57. The van der Waals surface area contributed by atoms with Gasteiger partial charge in [-0.1, -0.05) is 0 Å². The number of H-pyrrole nitrogens is 1. The first kappa shape index (κ1) is 16.8. The molecule has 8 heteroatoms. The molecule has 2 aliphatic heterocycles. The zero-order valence-electron chi connectivity index (χ0n) is 13.1. The summed E-state index contributed by atoms with van der Waals surface area (Å²) in [6, 6.07) is 0. The molecule has 0 saturated carbocycles. The van der Waals surface area contributed by atoms with Crippen LogP contribution in [0.25, 0.3) is 0 Å².